The van der Waals surface area contributed by atoms with Crippen molar-refractivity contribution in [2.24, 2.45) is 0 Å². The standard InChI is InChI=1S/C18H16ClN5OS3/c1-3-26-18-22-21-17(28-18)20-15(25)14-8-12-10(2)23-24(16(12)27-14)9-11-6-4-5-7-13(11)19/h4-8H,3,9H2,1-2H3,(H,20,21,25). The lowest BCUT2D eigenvalue weighted by atomic mass is 10.2. The number of benzene rings is 1. The number of aromatic nitrogens is 4. The van der Waals surface area contributed by atoms with E-state index in [1.54, 1.807) is 11.8 Å². The number of thioether (sulfide) groups is 1. The Bertz CT molecular complexity index is 1150. The summed E-state index contributed by atoms with van der Waals surface area (Å²) in [5.41, 5.74) is 1.87. The van der Waals surface area contributed by atoms with E-state index in [0.717, 1.165) is 31.6 Å². The maximum absolute atomic E-state index is 12.7. The first-order valence-corrected chi connectivity index (χ1v) is 11.5. The van der Waals surface area contributed by atoms with Crippen molar-refractivity contribution < 1.29 is 4.79 Å². The molecule has 0 spiro atoms. The zero-order valence-corrected chi connectivity index (χ0v) is 18.3. The zero-order chi connectivity index (χ0) is 19.7. The van der Waals surface area contributed by atoms with Gasteiger partial charge in [0.25, 0.3) is 5.91 Å². The minimum absolute atomic E-state index is 0.186. The Hall–Kier alpha value is -1.94. The molecule has 3 aromatic heterocycles. The Morgan fingerprint density at radius 2 is 2.11 bits per heavy atom. The Morgan fingerprint density at radius 1 is 1.29 bits per heavy atom. The fraction of sp³-hybridized carbons (Fsp3) is 0.222. The number of fused-ring (bicyclic) bond motifs is 1. The predicted octanol–water partition coefficient (Wildman–Crippen LogP) is 5.32. The molecular weight excluding hydrogens is 434 g/mol. The largest absolute Gasteiger partial charge is 0.296 e. The molecule has 6 nitrogen and oxygen atoms in total. The molecule has 1 amide bonds. The number of nitrogens with one attached hydrogen (secondary N) is 1. The van der Waals surface area contributed by atoms with Gasteiger partial charge in [-0.2, -0.15) is 5.10 Å². The molecule has 10 heteroatoms. The number of nitrogens with zero attached hydrogens (tertiary/aromatic N) is 4. The molecule has 3 heterocycles. The second kappa shape index (κ2) is 8.20. The van der Waals surface area contributed by atoms with Gasteiger partial charge in [-0.05, 0) is 30.4 Å². The van der Waals surface area contributed by atoms with E-state index in [-0.39, 0.29) is 5.91 Å². The van der Waals surface area contributed by atoms with Crippen LogP contribution in [-0.4, -0.2) is 31.6 Å². The highest BCUT2D eigenvalue weighted by Gasteiger charge is 2.18. The van der Waals surface area contributed by atoms with Crippen LogP contribution in [-0.2, 0) is 6.54 Å². The maximum atomic E-state index is 12.7. The van der Waals surface area contributed by atoms with E-state index >= 15 is 0 Å². The first-order valence-electron chi connectivity index (χ1n) is 8.53. The van der Waals surface area contributed by atoms with Crippen molar-refractivity contribution in [1.29, 1.82) is 0 Å². The summed E-state index contributed by atoms with van der Waals surface area (Å²) in [5, 5.41) is 17.7. The van der Waals surface area contributed by atoms with Crippen LogP contribution in [0.1, 0.15) is 27.9 Å². The average Bonchev–Trinajstić information content (AvgIpc) is 3.36. The molecule has 4 aromatic rings. The Kier molecular flexibility index (Phi) is 5.68. The molecule has 0 aliphatic heterocycles. The molecule has 0 saturated carbocycles. The third-order valence-electron chi connectivity index (χ3n) is 4.00. The van der Waals surface area contributed by atoms with E-state index in [1.165, 1.54) is 22.7 Å². The molecule has 0 bridgehead atoms. The number of carbonyl (C=O) groups excluding carboxylic acids is 1. The molecule has 1 aromatic carbocycles. The highest BCUT2D eigenvalue weighted by molar-refractivity contribution is 8.01. The zero-order valence-electron chi connectivity index (χ0n) is 15.1. The molecular formula is C18H16ClN5OS3. The summed E-state index contributed by atoms with van der Waals surface area (Å²) in [6, 6.07) is 9.58. The molecule has 0 aliphatic carbocycles. The van der Waals surface area contributed by atoms with Gasteiger partial charge in [0, 0.05) is 10.4 Å². The predicted molar refractivity (Wildman–Crippen MR) is 117 cm³/mol. The van der Waals surface area contributed by atoms with Crippen LogP contribution in [0.15, 0.2) is 34.7 Å². The van der Waals surface area contributed by atoms with Crippen molar-refractivity contribution in [3.05, 3.63) is 51.5 Å². The van der Waals surface area contributed by atoms with Crippen molar-refractivity contribution in [1.82, 2.24) is 20.0 Å². The number of amides is 1. The van der Waals surface area contributed by atoms with Gasteiger partial charge in [-0.25, -0.2) is 0 Å². The molecule has 4 rings (SSSR count). The topological polar surface area (TPSA) is 72.7 Å². The van der Waals surface area contributed by atoms with E-state index in [1.807, 2.05) is 41.9 Å². The number of carbonyl (C=O) groups is 1. The van der Waals surface area contributed by atoms with Crippen molar-refractivity contribution in [2.75, 3.05) is 11.1 Å². The molecule has 1 N–H and O–H groups in total. The van der Waals surface area contributed by atoms with E-state index in [4.69, 9.17) is 11.6 Å². The fourth-order valence-corrected chi connectivity index (χ4v) is 5.62. The lowest BCUT2D eigenvalue weighted by molar-refractivity contribution is 0.103. The molecule has 0 unspecified atom stereocenters. The van der Waals surface area contributed by atoms with E-state index in [0.29, 0.717) is 21.6 Å². The summed E-state index contributed by atoms with van der Waals surface area (Å²) in [5.74, 6) is 0.731. The van der Waals surface area contributed by atoms with Gasteiger partial charge >= 0.3 is 0 Å². The molecule has 0 aliphatic rings. The quantitative estimate of drug-likeness (QED) is 0.318. The van der Waals surface area contributed by atoms with Crippen molar-refractivity contribution >= 4 is 67.3 Å². The monoisotopic (exact) mass is 449 g/mol. The van der Waals surface area contributed by atoms with Crippen LogP contribution in [0.25, 0.3) is 10.2 Å². The summed E-state index contributed by atoms with van der Waals surface area (Å²) < 4.78 is 2.74. The summed E-state index contributed by atoms with van der Waals surface area (Å²) in [7, 11) is 0. The Morgan fingerprint density at radius 3 is 2.89 bits per heavy atom. The third kappa shape index (κ3) is 3.93. The summed E-state index contributed by atoms with van der Waals surface area (Å²) in [6.45, 7) is 4.55. The van der Waals surface area contributed by atoms with Crippen LogP contribution in [0.5, 0.6) is 0 Å². The third-order valence-corrected chi connectivity index (χ3v) is 7.37. The number of anilines is 1. The van der Waals surface area contributed by atoms with Gasteiger partial charge < -0.3 is 0 Å². The number of hydrogen-bond donors (Lipinski definition) is 1. The van der Waals surface area contributed by atoms with Crippen LogP contribution < -0.4 is 5.32 Å². The molecule has 0 radical (unpaired) electrons. The summed E-state index contributed by atoms with van der Waals surface area (Å²) in [6.07, 6.45) is 0. The minimum Gasteiger partial charge on any atom is -0.296 e. The Labute approximate surface area is 178 Å². The molecule has 28 heavy (non-hydrogen) atoms. The fourth-order valence-electron chi connectivity index (χ4n) is 2.72. The second-order valence-electron chi connectivity index (χ2n) is 5.92. The molecule has 0 saturated heterocycles. The van der Waals surface area contributed by atoms with Gasteiger partial charge in [-0.3, -0.25) is 14.8 Å². The molecule has 0 fully saturated rings. The number of aryl methyl sites for hydroxylation is 1. The van der Waals surface area contributed by atoms with Gasteiger partial charge in [0.05, 0.1) is 17.1 Å². The smallest absolute Gasteiger partial charge is 0.267 e. The summed E-state index contributed by atoms with van der Waals surface area (Å²) in [4.78, 5) is 14.2. The highest BCUT2D eigenvalue weighted by Crippen LogP contribution is 2.31. The number of hydrogen-bond acceptors (Lipinski definition) is 7. The van der Waals surface area contributed by atoms with Gasteiger partial charge in [-0.15, -0.1) is 21.5 Å². The van der Waals surface area contributed by atoms with Gasteiger partial charge in [0.15, 0.2) is 4.34 Å². The van der Waals surface area contributed by atoms with Crippen LogP contribution in [0.4, 0.5) is 5.13 Å². The lowest BCUT2D eigenvalue weighted by Crippen LogP contribution is -2.09. The Balaban J connectivity index is 1.58. The SMILES string of the molecule is CCSc1nnc(NC(=O)c2cc3c(C)nn(Cc4ccccc4Cl)c3s2)s1. The number of thiophene rings is 1. The maximum Gasteiger partial charge on any atom is 0.267 e. The van der Waals surface area contributed by atoms with Gasteiger partial charge in [-0.1, -0.05) is 59.8 Å². The van der Waals surface area contributed by atoms with E-state index in [9.17, 15) is 4.79 Å². The van der Waals surface area contributed by atoms with Crippen LogP contribution in [0.2, 0.25) is 5.02 Å². The van der Waals surface area contributed by atoms with Crippen molar-refractivity contribution in [3.8, 4) is 0 Å². The number of rotatable bonds is 6. The van der Waals surface area contributed by atoms with E-state index in [2.05, 4.69) is 27.5 Å². The van der Waals surface area contributed by atoms with Crippen LogP contribution >= 0.6 is 46.0 Å². The lowest BCUT2D eigenvalue weighted by Gasteiger charge is -2.05. The first kappa shape index (κ1) is 19.4. The van der Waals surface area contributed by atoms with Gasteiger partial charge in [0.1, 0.15) is 4.83 Å². The minimum atomic E-state index is -0.186. The molecule has 0 atom stereocenters. The van der Waals surface area contributed by atoms with E-state index < -0.39 is 0 Å². The summed E-state index contributed by atoms with van der Waals surface area (Å²) >= 11 is 10.7. The van der Waals surface area contributed by atoms with Crippen LogP contribution in [0, 0.1) is 6.92 Å². The van der Waals surface area contributed by atoms with Crippen LogP contribution in [0.3, 0.4) is 0 Å². The normalized spacial score (nSPS) is 11.2. The first-order chi connectivity index (χ1) is 13.5. The molecule has 144 valence electrons. The highest BCUT2D eigenvalue weighted by atomic mass is 35.5. The van der Waals surface area contributed by atoms with Crippen molar-refractivity contribution in [3.63, 3.8) is 0 Å². The average molecular weight is 450 g/mol. The second-order valence-corrected chi connectivity index (χ2v) is 9.85. The number of halogens is 1. The van der Waals surface area contributed by atoms with Gasteiger partial charge in [0.2, 0.25) is 5.13 Å². The van der Waals surface area contributed by atoms with Crippen molar-refractivity contribution in [2.45, 2.75) is 24.7 Å².